The van der Waals surface area contributed by atoms with Crippen LogP contribution >= 0.6 is 15.9 Å². The molecule has 1 fully saturated rings. The molecule has 2 rings (SSSR count). The van der Waals surface area contributed by atoms with Gasteiger partial charge in [-0.3, -0.25) is 15.0 Å². The molecule has 0 radical (unpaired) electrons. The number of rotatable bonds is 3. The zero-order valence-electron chi connectivity index (χ0n) is 10.8. The zero-order valence-corrected chi connectivity index (χ0v) is 12.4. The van der Waals surface area contributed by atoms with Crippen LogP contribution in [0.1, 0.15) is 25.3 Å². The summed E-state index contributed by atoms with van der Waals surface area (Å²) in [6.07, 6.45) is 1.48. The highest BCUT2D eigenvalue weighted by molar-refractivity contribution is 9.10. The molecule has 104 valence electrons. The Morgan fingerprint density at radius 2 is 2.11 bits per heavy atom. The third-order valence-electron chi connectivity index (χ3n) is 3.55. The fourth-order valence-corrected chi connectivity index (χ4v) is 2.64. The molecular weight excluding hydrogens is 312 g/mol. The largest absolute Gasteiger partial charge is 0.390 e. The maximum absolute atomic E-state index is 10.9. The first-order chi connectivity index (χ1) is 8.87. The topological polar surface area (TPSA) is 66.6 Å². The number of nitro groups is 1. The highest BCUT2D eigenvalue weighted by Crippen LogP contribution is 2.27. The number of hydrogen-bond acceptors (Lipinski definition) is 4. The highest BCUT2D eigenvalue weighted by Gasteiger charge is 2.27. The molecule has 5 nitrogen and oxygen atoms in total. The van der Waals surface area contributed by atoms with Gasteiger partial charge in [0.15, 0.2) is 0 Å². The Kier molecular flexibility index (Phi) is 4.23. The number of nitrogens with zero attached hydrogens (tertiary/aromatic N) is 2. The molecule has 0 aromatic heterocycles. The third-order valence-corrected chi connectivity index (χ3v) is 4.22. The molecule has 1 aromatic rings. The molecule has 1 aromatic carbocycles. The van der Waals surface area contributed by atoms with Crippen LogP contribution in [0, 0.1) is 10.1 Å². The lowest BCUT2D eigenvalue weighted by Crippen LogP contribution is -2.41. The van der Waals surface area contributed by atoms with Gasteiger partial charge in [-0.1, -0.05) is 6.07 Å². The number of halogens is 1. The van der Waals surface area contributed by atoms with Crippen LogP contribution in [0.25, 0.3) is 0 Å². The van der Waals surface area contributed by atoms with E-state index in [-0.39, 0.29) is 10.6 Å². The van der Waals surface area contributed by atoms with Gasteiger partial charge in [-0.25, -0.2) is 0 Å². The summed E-state index contributed by atoms with van der Waals surface area (Å²) in [7, 11) is 0. The summed E-state index contributed by atoms with van der Waals surface area (Å²) in [4.78, 5) is 12.7. The zero-order chi connectivity index (χ0) is 14.0. The van der Waals surface area contributed by atoms with Crippen LogP contribution < -0.4 is 0 Å². The average Bonchev–Trinajstić information content (AvgIpc) is 2.34. The van der Waals surface area contributed by atoms with E-state index in [2.05, 4.69) is 20.8 Å². The van der Waals surface area contributed by atoms with Gasteiger partial charge in [0, 0.05) is 25.7 Å². The molecule has 0 atom stereocenters. The fourth-order valence-electron chi connectivity index (χ4n) is 2.25. The summed E-state index contributed by atoms with van der Waals surface area (Å²) in [6, 6.07) is 5.22. The van der Waals surface area contributed by atoms with Gasteiger partial charge >= 0.3 is 0 Å². The van der Waals surface area contributed by atoms with Crippen molar-refractivity contribution in [3.8, 4) is 0 Å². The molecule has 0 saturated carbocycles. The Hall–Kier alpha value is -0.980. The van der Waals surface area contributed by atoms with Crippen LogP contribution in [0.15, 0.2) is 22.7 Å². The molecule has 1 aliphatic heterocycles. The van der Waals surface area contributed by atoms with Crippen molar-refractivity contribution in [3.63, 3.8) is 0 Å². The quantitative estimate of drug-likeness (QED) is 0.684. The number of likely N-dealkylation sites (tertiary alicyclic amines) is 1. The van der Waals surface area contributed by atoms with E-state index in [1.807, 2.05) is 13.0 Å². The molecule has 1 N–H and O–H groups in total. The van der Waals surface area contributed by atoms with E-state index in [0.29, 0.717) is 11.0 Å². The highest BCUT2D eigenvalue weighted by atomic mass is 79.9. The van der Waals surface area contributed by atoms with E-state index >= 15 is 0 Å². The lowest BCUT2D eigenvalue weighted by atomic mass is 9.93. The van der Waals surface area contributed by atoms with Crippen molar-refractivity contribution in [2.75, 3.05) is 13.1 Å². The molecule has 1 aliphatic rings. The van der Waals surface area contributed by atoms with E-state index in [9.17, 15) is 15.2 Å². The monoisotopic (exact) mass is 328 g/mol. The summed E-state index contributed by atoms with van der Waals surface area (Å²) in [6.45, 7) is 4.17. The Labute approximate surface area is 120 Å². The summed E-state index contributed by atoms with van der Waals surface area (Å²) < 4.78 is 0.503. The number of piperidine rings is 1. The molecule has 0 amide bonds. The number of benzene rings is 1. The molecule has 6 heteroatoms. The van der Waals surface area contributed by atoms with E-state index in [0.717, 1.165) is 31.5 Å². The standard InChI is InChI=1S/C13H17BrN2O3/c1-13(17)4-6-15(7-5-13)9-10-2-3-11(14)12(8-10)16(18)19/h2-3,8,17H,4-7,9H2,1H3. The summed E-state index contributed by atoms with van der Waals surface area (Å²) in [5, 5.41) is 20.8. The van der Waals surface area contributed by atoms with Crippen molar-refractivity contribution >= 4 is 21.6 Å². The minimum absolute atomic E-state index is 0.0986. The van der Waals surface area contributed by atoms with Gasteiger partial charge in [0.1, 0.15) is 0 Å². The molecule has 0 unspecified atom stereocenters. The van der Waals surface area contributed by atoms with Gasteiger partial charge in [-0.15, -0.1) is 0 Å². The van der Waals surface area contributed by atoms with Crippen molar-refractivity contribution in [1.29, 1.82) is 0 Å². The smallest absolute Gasteiger partial charge is 0.283 e. The van der Waals surface area contributed by atoms with Crippen LogP contribution in [-0.2, 0) is 6.54 Å². The van der Waals surface area contributed by atoms with Crippen LogP contribution in [0.4, 0.5) is 5.69 Å². The SMILES string of the molecule is CC1(O)CCN(Cc2ccc(Br)c([N+](=O)[O-])c2)CC1. The van der Waals surface area contributed by atoms with Crippen molar-refractivity contribution in [1.82, 2.24) is 4.90 Å². The molecule has 19 heavy (non-hydrogen) atoms. The van der Waals surface area contributed by atoms with Gasteiger partial charge < -0.3 is 5.11 Å². The van der Waals surface area contributed by atoms with Gasteiger partial charge in [0.25, 0.3) is 5.69 Å². The lowest BCUT2D eigenvalue weighted by Gasteiger charge is -2.35. The molecule has 0 bridgehead atoms. The second-order valence-electron chi connectivity index (χ2n) is 5.32. The van der Waals surface area contributed by atoms with Crippen molar-refractivity contribution in [2.24, 2.45) is 0 Å². The Morgan fingerprint density at radius 3 is 2.68 bits per heavy atom. The van der Waals surface area contributed by atoms with Gasteiger partial charge in [0.05, 0.1) is 15.0 Å². The van der Waals surface area contributed by atoms with Gasteiger partial charge in [0.2, 0.25) is 0 Å². The molecule has 0 aliphatic carbocycles. The molecule has 1 heterocycles. The summed E-state index contributed by atoms with van der Waals surface area (Å²) in [5.74, 6) is 0. The van der Waals surface area contributed by atoms with E-state index < -0.39 is 5.60 Å². The predicted octanol–water partition coefficient (Wildman–Crippen LogP) is 2.70. The van der Waals surface area contributed by atoms with Crippen LogP contribution in [-0.4, -0.2) is 33.6 Å². The third kappa shape index (κ3) is 3.75. The second-order valence-corrected chi connectivity index (χ2v) is 6.17. The average molecular weight is 329 g/mol. The predicted molar refractivity (Wildman–Crippen MR) is 75.9 cm³/mol. The Morgan fingerprint density at radius 1 is 1.47 bits per heavy atom. The van der Waals surface area contributed by atoms with Crippen LogP contribution in [0.5, 0.6) is 0 Å². The van der Waals surface area contributed by atoms with Gasteiger partial charge in [-0.2, -0.15) is 0 Å². The van der Waals surface area contributed by atoms with Crippen molar-refractivity contribution in [3.05, 3.63) is 38.3 Å². The Bertz CT molecular complexity index is 481. The maximum atomic E-state index is 10.9. The fraction of sp³-hybridized carbons (Fsp3) is 0.538. The minimum Gasteiger partial charge on any atom is -0.390 e. The van der Waals surface area contributed by atoms with Crippen LogP contribution in [0.3, 0.4) is 0 Å². The first kappa shape index (κ1) is 14.4. The summed E-state index contributed by atoms with van der Waals surface area (Å²) >= 11 is 3.18. The summed E-state index contributed by atoms with van der Waals surface area (Å²) in [5.41, 5.74) is 0.459. The minimum atomic E-state index is -0.567. The van der Waals surface area contributed by atoms with Crippen molar-refractivity contribution in [2.45, 2.75) is 31.9 Å². The van der Waals surface area contributed by atoms with Gasteiger partial charge in [-0.05, 0) is 47.3 Å². The second kappa shape index (κ2) is 5.56. The van der Waals surface area contributed by atoms with Crippen LogP contribution in [0.2, 0.25) is 0 Å². The Balaban J connectivity index is 2.04. The van der Waals surface area contributed by atoms with E-state index in [1.54, 1.807) is 12.1 Å². The molecule has 0 spiro atoms. The van der Waals surface area contributed by atoms with E-state index in [4.69, 9.17) is 0 Å². The molecular formula is C13H17BrN2O3. The van der Waals surface area contributed by atoms with E-state index in [1.165, 1.54) is 0 Å². The first-order valence-corrected chi connectivity index (χ1v) is 7.04. The number of hydrogen-bond donors (Lipinski definition) is 1. The number of nitro benzene ring substituents is 1. The maximum Gasteiger partial charge on any atom is 0.283 e. The normalized spacial score (nSPS) is 19.3. The number of aliphatic hydroxyl groups is 1. The molecule has 1 saturated heterocycles. The first-order valence-electron chi connectivity index (χ1n) is 6.25. The lowest BCUT2D eigenvalue weighted by molar-refractivity contribution is -0.385. The van der Waals surface area contributed by atoms with Crippen molar-refractivity contribution < 1.29 is 10.0 Å².